The number of nitrogens with zero attached hydrogens (tertiary/aromatic N) is 5. The van der Waals surface area contributed by atoms with Crippen LogP contribution in [-0.4, -0.2) is 63.6 Å². The number of thioether (sulfide) groups is 1. The molecule has 0 spiro atoms. The molecular formula is C21H28N6O4S2. The Balaban J connectivity index is 1.44. The minimum absolute atomic E-state index is 0.0727. The molecule has 1 amide bonds. The van der Waals surface area contributed by atoms with Crippen LogP contribution in [0.1, 0.15) is 47.8 Å². The number of anilines is 1. The molecule has 2 aliphatic heterocycles. The summed E-state index contributed by atoms with van der Waals surface area (Å²) in [7, 11) is -1.24. The Morgan fingerprint density at radius 3 is 2.76 bits per heavy atom. The number of sulfone groups is 1. The zero-order chi connectivity index (χ0) is 23.8. The fourth-order valence-electron chi connectivity index (χ4n) is 4.45. The number of ether oxygens (including phenoxy) is 1. The molecular weight excluding hydrogens is 464 g/mol. The van der Waals surface area contributed by atoms with Crippen LogP contribution in [-0.2, 0) is 33.0 Å². The number of aromatic nitrogens is 4. The molecule has 2 aromatic rings. The van der Waals surface area contributed by atoms with Crippen LogP contribution in [0.5, 0.6) is 0 Å². The molecule has 1 N–H and O–H groups in total. The highest BCUT2D eigenvalue weighted by atomic mass is 32.2. The van der Waals surface area contributed by atoms with E-state index in [-0.39, 0.29) is 35.2 Å². The van der Waals surface area contributed by atoms with Gasteiger partial charge in [-0.2, -0.15) is 5.26 Å². The number of hydrogen-bond donors (Lipinski definition) is 1. The molecule has 178 valence electrons. The van der Waals surface area contributed by atoms with Gasteiger partial charge in [0.05, 0.1) is 35.5 Å². The summed E-state index contributed by atoms with van der Waals surface area (Å²) < 4.78 is 33.1. The highest BCUT2D eigenvalue weighted by Crippen LogP contribution is 2.31. The van der Waals surface area contributed by atoms with Crippen LogP contribution in [0.4, 0.5) is 5.82 Å². The summed E-state index contributed by atoms with van der Waals surface area (Å²) in [4.78, 5) is 12.8. The monoisotopic (exact) mass is 492 g/mol. The predicted molar refractivity (Wildman–Crippen MR) is 124 cm³/mol. The zero-order valence-corrected chi connectivity index (χ0v) is 20.6. The number of rotatable bonds is 7. The number of carbonyl (C=O) groups is 1. The van der Waals surface area contributed by atoms with Gasteiger partial charge in [0.25, 0.3) is 0 Å². The summed E-state index contributed by atoms with van der Waals surface area (Å²) in [6.07, 6.45) is 2.58. The van der Waals surface area contributed by atoms with Crippen molar-refractivity contribution in [3.8, 4) is 6.07 Å². The molecule has 4 rings (SSSR count). The first-order chi connectivity index (χ1) is 15.7. The van der Waals surface area contributed by atoms with Crippen molar-refractivity contribution in [3.63, 3.8) is 0 Å². The van der Waals surface area contributed by atoms with Gasteiger partial charge >= 0.3 is 0 Å². The van der Waals surface area contributed by atoms with Gasteiger partial charge in [0, 0.05) is 25.3 Å². The van der Waals surface area contributed by atoms with Crippen molar-refractivity contribution in [2.75, 3.05) is 29.2 Å². The van der Waals surface area contributed by atoms with Gasteiger partial charge in [-0.15, -0.1) is 10.2 Å². The van der Waals surface area contributed by atoms with Crippen molar-refractivity contribution in [1.29, 1.82) is 5.26 Å². The number of nitriles is 1. The van der Waals surface area contributed by atoms with Crippen LogP contribution < -0.4 is 5.32 Å². The molecule has 2 fully saturated rings. The van der Waals surface area contributed by atoms with E-state index in [1.54, 1.807) is 11.6 Å². The van der Waals surface area contributed by atoms with Crippen LogP contribution >= 0.6 is 11.8 Å². The van der Waals surface area contributed by atoms with Crippen LogP contribution in [0, 0.1) is 25.2 Å². The Labute approximate surface area is 197 Å². The topological polar surface area (TPSA) is 132 Å². The third-order valence-corrected chi connectivity index (χ3v) is 9.20. The van der Waals surface area contributed by atoms with E-state index >= 15 is 0 Å². The molecule has 0 saturated carbocycles. The molecule has 0 aliphatic carbocycles. The molecule has 2 saturated heterocycles. The lowest BCUT2D eigenvalue weighted by molar-refractivity contribution is -0.113. The van der Waals surface area contributed by atoms with E-state index in [1.165, 1.54) is 11.8 Å². The normalized spacial score (nSPS) is 21.9. The lowest BCUT2D eigenvalue weighted by atomic mass is 10.1. The van der Waals surface area contributed by atoms with Gasteiger partial charge in [0.2, 0.25) is 5.91 Å². The van der Waals surface area contributed by atoms with Gasteiger partial charge in [0.15, 0.2) is 15.0 Å². The SMILES string of the molecule is Cc1c(C#N)c(NC(=O)CSc2nnc(C3CCS(=O)(=O)C3)n2C)n(CC2CCCO2)c1C. The van der Waals surface area contributed by atoms with E-state index in [0.29, 0.717) is 35.3 Å². The van der Waals surface area contributed by atoms with Gasteiger partial charge in [-0.25, -0.2) is 8.42 Å². The van der Waals surface area contributed by atoms with Gasteiger partial charge in [-0.3, -0.25) is 4.79 Å². The summed E-state index contributed by atoms with van der Waals surface area (Å²) >= 11 is 1.23. The second-order valence-electron chi connectivity index (χ2n) is 8.63. The molecule has 10 nitrogen and oxygen atoms in total. The van der Waals surface area contributed by atoms with Gasteiger partial charge in [-0.1, -0.05) is 11.8 Å². The quantitative estimate of drug-likeness (QED) is 0.580. The second kappa shape index (κ2) is 9.48. The summed E-state index contributed by atoms with van der Waals surface area (Å²) in [6, 6.07) is 2.22. The molecule has 33 heavy (non-hydrogen) atoms. The Morgan fingerprint density at radius 1 is 1.33 bits per heavy atom. The highest BCUT2D eigenvalue weighted by Gasteiger charge is 2.32. The number of nitrogens with one attached hydrogen (secondary N) is 1. The van der Waals surface area contributed by atoms with E-state index in [0.717, 1.165) is 30.7 Å². The largest absolute Gasteiger partial charge is 0.376 e. The Bertz CT molecular complexity index is 1200. The molecule has 0 radical (unpaired) electrons. The van der Waals surface area contributed by atoms with Crippen LogP contribution in [0.25, 0.3) is 0 Å². The maximum Gasteiger partial charge on any atom is 0.235 e. The Kier molecular flexibility index (Phi) is 6.83. The molecule has 2 aromatic heterocycles. The average molecular weight is 493 g/mol. The summed E-state index contributed by atoms with van der Waals surface area (Å²) in [5.74, 6) is 1.05. The third-order valence-electron chi connectivity index (χ3n) is 6.41. The summed E-state index contributed by atoms with van der Waals surface area (Å²) in [5, 5.41) is 21.5. The van der Waals surface area contributed by atoms with E-state index in [2.05, 4.69) is 21.6 Å². The Hall–Kier alpha value is -2.36. The highest BCUT2D eigenvalue weighted by molar-refractivity contribution is 7.99. The molecule has 2 unspecified atom stereocenters. The van der Waals surface area contributed by atoms with Crippen molar-refractivity contribution in [1.82, 2.24) is 19.3 Å². The number of carbonyl (C=O) groups excluding carboxylic acids is 1. The van der Waals surface area contributed by atoms with Crippen molar-refractivity contribution >= 4 is 33.3 Å². The lowest BCUT2D eigenvalue weighted by Gasteiger charge is -2.16. The van der Waals surface area contributed by atoms with Crippen LogP contribution in [0.15, 0.2) is 5.16 Å². The first kappa shape index (κ1) is 23.8. The summed E-state index contributed by atoms with van der Waals surface area (Å²) in [5.41, 5.74) is 2.25. The summed E-state index contributed by atoms with van der Waals surface area (Å²) in [6.45, 7) is 5.16. The van der Waals surface area contributed by atoms with E-state index in [4.69, 9.17) is 4.74 Å². The minimum Gasteiger partial charge on any atom is -0.376 e. The maximum atomic E-state index is 12.8. The number of amides is 1. The molecule has 4 heterocycles. The molecule has 0 aromatic carbocycles. The second-order valence-corrected chi connectivity index (χ2v) is 11.8. The van der Waals surface area contributed by atoms with Crippen LogP contribution in [0.3, 0.4) is 0 Å². The standard InChI is InChI=1S/C21H28N6O4S2/c1-13-14(2)27(10-16-5-4-7-31-16)20(17(13)9-22)23-18(28)11-32-21-25-24-19(26(21)3)15-6-8-33(29,30)12-15/h15-16H,4-8,10-12H2,1-3H3,(H,23,28). The molecule has 0 bridgehead atoms. The zero-order valence-electron chi connectivity index (χ0n) is 19.0. The lowest BCUT2D eigenvalue weighted by Crippen LogP contribution is -2.22. The average Bonchev–Trinajstić information content (AvgIpc) is 3.53. The Morgan fingerprint density at radius 2 is 2.12 bits per heavy atom. The maximum absolute atomic E-state index is 12.8. The van der Waals surface area contributed by atoms with E-state index in [9.17, 15) is 18.5 Å². The van der Waals surface area contributed by atoms with Gasteiger partial charge in [0.1, 0.15) is 17.7 Å². The molecule has 2 atom stereocenters. The number of hydrogen-bond acceptors (Lipinski definition) is 8. The fraction of sp³-hybridized carbons (Fsp3) is 0.619. The smallest absolute Gasteiger partial charge is 0.235 e. The molecule has 2 aliphatic rings. The van der Waals surface area contributed by atoms with Crippen molar-refractivity contribution in [2.24, 2.45) is 7.05 Å². The van der Waals surface area contributed by atoms with Crippen molar-refractivity contribution < 1.29 is 17.9 Å². The van der Waals surface area contributed by atoms with E-state index < -0.39 is 9.84 Å². The van der Waals surface area contributed by atoms with Crippen molar-refractivity contribution in [2.45, 2.75) is 56.8 Å². The van der Waals surface area contributed by atoms with Gasteiger partial charge in [-0.05, 0) is 38.7 Å². The van der Waals surface area contributed by atoms with Crippen molar-refractivity contribution in [3.05, 3.63) is 22.6 Å². The van der Waals surface area contributed by atoms with E-state index in [1.807, 2.05) is 18.4 Å². The first-order valence-electron chi connectivity index (χ1n) is 10.9. The van der Waals surface area contributed by atoms with Crippen LogP contribution in [0.2, 0.25) is 0 Å². The molecule has 12 heteroatoms. The fourth-order valence-corrected chi connectivity index (χ4v) is 6.91. The van der Waals surface area contributed by atoms with Gasteiger partial charge < -0.3 is 19.2 Å². The first-order valence-corrected chi connectivity index (χ1v) is 13.7. The predicted octanol–water partition coefficient (Wildman–Crippen LogP) is 1.92. The third kappa shape index (κ3) is 4.95. The minimum atomic E-state index is -3.02.